The number of nitrogens with two attached hydrogens (primary N) is 1. The number of hydrogen-bond acceptors (Lipinski definition) is 5. The van der Waals surface area contributed by atoms with Gasteiger partial charge in [-0.3, -0.25) is 9.98 Å². The van der Waals surface area contributed by atoms with Crippen molar-refractivity contribution in [1.29, 1.82) is 0 Å². The maximum absolute atomic E-state index is 6.15. The number of hydrogen-bond donors (Lipinski definition) is 1. The Morgan fingerprint density at radius 1 is 1.22 bits per heavy atom. The average Bonchev–Trinajstić information content (AvgIpc) is 3.15. The van der Waals surface area contributed by atoms with Gasteiger partial charge in [-0.1, -0.05) is 24.3 Å². The van der Waals surface area contributed by atoms with Crippen molar-refractivity contribution in [2.24, 2.45) is 4.99 Å². The minimum atomic E-state index is 0.379. The number of rotatable bonds is 4. The Morgan fingerprint density at radius 2 is 2.11 bits per heavy atom. The van der Waals surface area contributed by atoms with Gasteiger partial charge in [0.15, 0.2) is 11.4 Å². The van der Waals surface area contributed by atoms with Crippen LogP contribution in [0.1, 0.15) is 19.4 Å². The second kappa shape index (κ2) is 7.03. The first-order valence-corrected chi connectivity index (χ1v) is 8.90. The highest BCUT2D eigenvalue weighted by molar-refractivity contribution is 6.15. The molecule has 0 unspecified atom stereocenters. The molecule has 1 aromatic carbocycles. The highest BCUT2D eigenvalue weighted by Crippen LogP contribution is 2.36. The van der Waals surface area contributed by atoms with Crippen LogP contribution in [0, 0.1) is 0 Å². The summed E-state index contributed by atoms with van der Waals surface area (Å²) in [6.45, 7) is 4.72. The molecule has 27 heavy (non-hydrogen) atoms. The van der Waals surface area contributed by atoms with Crippen LogP contribution in [-0.4, -0.2) is 22.7 Å². The molecule has 0 aliphatic heterocycles. The number of furan rings is 1. The molecule has 5 nitrogen and oxygen atoms in total. The molecular weight excluding hydrogens is 336 g/mol. The maximum Gasteiger partial charge on any atom is 0.177 e. The van der Waals surface area contributed by atoms with Gasteiger partial charge in [-0.05, 0) is 36.9 Å². The lowest BCUT2D eigenvalue weighted by Crippen LogP contribution is -1.94. The largest absolute Gasteiger partial charge is 0.452 e. The molecule has 0 aliphatic rings. The molecule has 0 bridgehead atoms. The molecule has 0 spiro atoms. The number of nitrogens with zero attached hydrogens (tertiary/aromatic N) is 3. The number of benzene rings is 1. The molecule has 134 valence electrons. The maximum atomic E-state index is 6.15. The highest BCUT2D eigenvalue weighted by atomic mass is 16.3. The smallest absolute Gasteiger partial charge is 0.177 e. The fraction of sp³-hybridized carbons (Fsp3) is 0.136. The third-order valence-electron chi connectivity index (χ3n) is 4.57. The summed E-state index contributed by atoms with van der Waals surface area (Å²) in [5.74, 6) is 1.13. The molecule has 4 aromatic rings. The van der Waals surface area contributed by atoms with Gasteiger partial charge in [-0.2, -0.15) is 0 Å². The molecule has 3 heterocycles. The zero-order valence-electron chi connectivity index (χ0n) is 15.3. The van der Waals surface area contributed by atoms with Gasteiger partial charge in [0.1, 0.15) is 5.76 Å². The number of aromatic nitrogens is 2. The van der Waals surface area contributed by atoms with Crippen molar-refractivity contribution >= 4 is 39.3 Å². The fourth-order valence-corrected chi connectivity index (χ4v) is 3.23. The molecule has 0 fully saturated rings. The molecule has 0 atom stereocenters. The number of aliphatic imine (C=N–C) groups is 1. The first-order chi connectivity index (χ1) is 13.2. The summed E-state index contributed by atoms with van der Waals surface area (Å²) in [4.78, 5) is 12.9. The van der Waals surface area contributed by atoms with E-state index in [1.165, 1.54) is 0 Å². The Bertz CT molecular complexity index is 1180. The number of anilines is 1. The molecular formula is C22H20N4O. The van der Waals surface area contributed by atoms with Crippen molar-refractivity contribution in [3.63, 3.8) is 0 Å². The van der Waals surface area contributed by atoms with Crippen molar-refractivity contribution in [2.45, 2.75) is 13.8 Å². The van der Waals surface area contributed by atoms with Gasteiger partial charge in [0.25, 0.3) is 0 Å². The van der Waals surface area contributed by atoms with Gasteiger partial charge in [-0.15, -0.1) is 0 Å². The number of pyridine rings is 2. The van der Waals surface area contributed by atoms with E-state index >= 15 is 0 Å². The van der Waals surface area contributed by atoms with Crippen molar-refractivity contribution in [1.82, 2.24) is 9.97 Å². The van der Waals surface area contributed by atoms with Crippen LogP contribution in [0.5, 0.6) is 0 Å². The lowest BCUT2D eigenvalue weighted by atomic mass is 10.0. The van der Waals surface area contributed by atoms with Crippen LogP contribution in [0.4, 0.5) is 5.82 Å². The van der Waals surface area contributed by atoms with E-state index in [1.807, 2.05) is 62.7 Å². The quantitative estimate of drug-likeness (QED) is 0.515. The SMILES string of the molecule is C/C=C(\C=N/CC)c1cnc(N)c2oc(-c3cccc4cnccc34)cc12. The zero-order valence-corrected chi connectivity index (χ0v) is 15.3. The Labute approximate surface area is 157 Å². The van der Waals surface area contributed by atoms with Gasteiger partial charge in [0.05, 0.1) is 0 Å². The number of fused-ring (bicyclic) bond motifs is 2. The summed E-state index contributed by atoms with van der Waals surface area (Å²) in [7, 11) is 0. The molecule has 4 rings (SSSR count). The van der Waals surface area contributed by atoms with Gasteiger partial charge in [-0.25, -0.2) is 4.98 Å². The van der Waals surface area contributed by atoms with Crippen LogP contribution in [0.3, 0.4) is 0 Å². The van der Waals surface area contributed by atoms with E-state index in [9.17, 15) is 0 Å². The van der Waals surface area contributed by atoms with Crippen LogP contribution in [0.2, 0.25) is 0 Å². The lowest BCUT2D eigenvalue weighted by molar-refractivity contribution is 0.632. The Balaban J connectivity index is 1.96. The lowest BCUT2D eigenvalue weighted by Gasteiger charge is -2.03. The summed E-state index contributed by atoms with van der Waals surface area (Å²) in [5.41, 5.74) is 9.64. The third-order valence-corrected chi connectivity index (χ3v) is 4.57. The van der Waals surface area contributed by atoms with E-state index < -0.39 is 0 Å². The molecule has 5 heteroatoms. The second-order valence-electron chi connectivity index (χ2n) is 6.18. The van der Waals surface area contributed by atoms with Crippen LogP contribution in [-0.2, 0) is 0 Å². The molecule has 0 radical (unpaired) electrons. The molecule has 3 aromatic heterocycles. The van der Waals surface area contributed by atoms with Gasteiger partial charge in [0, 0.05) is 53.2 Å². The molecule has 0 amide bonds. The predicted octanol–water partition coefficient (Wildman–Crippen LogP) is 5.12. The van der Waals surface area contributed by atoms with Crippen molar-refractivity contribution in [3.05, 3.63) is 60.6 Å². The highest BCUT2D eigenvalue weighted by Gasteiger charge is 2.16. The van der Waals surface area contributed by atoms with Crippen LogP contribution in [0.15, 0.2) is 64.4 Å². The monoisotopic (exact) mass is 356 g/mol. The first kappa shape index (κ1) is 17.0. The van der Waals surface area contributed by atoms with Crippen molar-refractivity contribution in [2.75, 3.05) is 12.3 Å². The zero-order chi connectivity index (χ0) is 18.8. The first-order valence-electron chi connectivity index (χ1n) is 8.90. The number of nitrogen functional groups attached to an aromatic ring is 1. The van der Waals surface area contributed by atoms with Crippen LogP contribution in [0.25, 0.3) is 38.6 Å². The summed E-state index contributed by atoms with van der Waals surface area (Å²) in [6, 6.07) is 10.1. The Morgan fingerprint density at radius 3 is 2.93 bits per heavy atom. The van der Waals surface area contributed by atoms with E-state index in [4.69, 9.17) is 10.2 Å². The summed E-state index contributed by atoms with van der Waals surface area (Å²) in [6.07, 6.45) is 9.29. The molecule has 2 N–H and O–H groups in total. The van der Waals surface area contributed by atoms with Crippen molar-refractivity contribution in [3.8, 4) is 11.3 Å². The molecule has 0 saturated heterocycles. The summed E-state index contributed by atoms with van der Waals surface area (Å²) in [5, 5.41) is 3.07. The van der Waals surface area contributed by atoms with Gasteiger partial charge < -0.3 is 10.2 Å². The van der Waals surface area contributed by atoms with E-state index in [1.54, 1.807) is 12.4 Å². The Kier molecular flexibility index (Phi) is 4.42. The third kappa shape index (κ3) is 2.97. The standard InChI is InChI=1S/C22H20N4O/c1-3-14(11-24-4-2)19-13-26-22(23)21-18(19)10-20(27-21)17-7-5-6-15-12-25-9-8-16(15)17/h3,5-13H,4H2,1-2H3,(H2,23,26)/b14-3+,24-11-. The van der Waals surface area contributed by atoms with Gasteiger partial charge >= 0.3 is 0 Å². The predicted molar refractivity (Wildman–Crippen MR) is 112 cm³/mol. The molecule has 0 saturated carbocycles. The normalized spacial score (nSPS) is 12.4. The Hall–Kier alpha value is -3.47. The van der Waals surface area contributed by atoms with E-state index in [2.05, 4.69) is 15.0 Å². The van der Waals surface area contributed by atoms with Crippen LogP contribution < -0.4 is 5.73 Å². The number of allylic oxidation sites excluding steroid dienone is 2. The fourth-order valence-electron chi connectivity index (χ4n) is 3.23. The topological polar surface area (TPSA) is 77.3 Å². The minimum Gasteiger partial charge on any atom is -0.452 e. The van der Waals surface area contributed by atoms with Crippen molar-refractivity contribution < 1.29 is 4.42 Å². The minimum absolute atomic E-state index is 0.379. The summed E-state index contributed by atoms with van der Waals surface area (Å²) < 4.78 is 6.15. The van der Waals surface area contributed by atoms with Gasteiger partial charge in [0.2, 0.25) is 0 Å². The second-order valence-corrected chi connectivity index (χ2v) is 6.18. The summed E-state index contributed by atoms with van der Waals surface area (Å²) >= 11 is 0. The van der Waals surface area contributed by atoms with E-state index in [0.717, 1.165) is 45.2 Å². The van der Waals surface area contributed by atoms with E-state index in [-0.39, 0.29) is 0 Å². The molecule has 0 aliphatic carbocycles. The van der Waals surface area contributed by atoms with E-state index in [0.29, 0.717) is 11.4 Å². The van der Waals surface area contributed by atoms with Crippen LogP contribution >= 0.6 is 0 Å². The average molecular weight is 356 g/mol.